The number of hydrogen-bond acceptors (Lipinski definition) is 3. The van der Waals surface area contributed by atoms with Crippen LogP contribution in [0.4, 0.5) is 4.39 Å². The Hall–Kier alpha value is -2.54. The van der Waals surface area contributed by atoms with E-state index in [0.29, 0.717) is 5.56 Å². The van der Waals surface area contributed by atoms with Crippen molar-refractivity contribution in [2.45, 2.75) is 17.4 Å². The zero-order chi connectivity index (χ0) is 19.5. The summed E-state index contributed by atoms with van der Waals surface area (Å²) in [6, 6.07) is 21.6. The van der Waals surface area contributed by atoms with Crippen molar-refractivity contribution in [2.24, 2.45) is 0 Å². The molecule has 0 aliphatic heterocycles. The zero-order valence-electron chi connectivity index (χ0n) is 14.8. The monoisotopic (exact) mass is 385 g/mol. The van der Waals surface area contributed by atoms with Crippen molar-refractivity contribution < 1.29 is 17.9 Å². The highest BCUT2D eigenvalue weighted by Crippen LogP contribution is 2.25. The van der Waals surface area contributed by atoms with Gasteiger partial charge in [0, 0.05) is 6.54 Å². The number of aliphatic hydroxyl groups is 1. The van der Waals surface area contributed by atoms with Crippen LogP contribution in [0.1, 0.15) is 12.5 Å². The van der Waals surface area contributed by atoms with Gasteiger partial charge in [-0.25, -0.2) is 17.5 Å². The molecule has 0 aliphatic rings. The summed E-state index contributed by atoms with van der Waals surface area (Å²) < 4.78 is 40.0. The minimum Gasteiger partial charge on any atom is -0.384 e. The lowest BCUT2D eigenvalue weighted by atomic mass is 9.94. The quantitative estimate of drug-likeness (QED) is 0.680. The number of benzene rings is 3. The van der Waals surface area contributed by atoms with Crippen LogP contribution in [0, 0.1) is 5.82 Å². The van der Waals surface area contributed by atoms with E-state index in [1.165, 1.54) is 19.1 Å². The summed E-state index contributed by atoms with van der Waals surface area (Å²) >= 11 is 0. The van der Waals surface area contributed by atoms with Crippen molar-refractivity contribution in [1.82, 2.24) is 4.72 Å². The Morgan fingerprint density at radius 2 is 1.44 bits per heavy atom. The summed E-state index contributed by atoms with van der Waals surface area (Å²) in [7, 11) is -3.85. The molecule has 3 rings (SSSR count). The molecular weight excluding hydrogens is 365 g/mol. The Labute approximate surface area is 158 Å². The van der Waals surface area contributed by atoms with Crippen molar-refractivity contribution in [3.8, 4) is 11.1 Å². The third kappa shape index (κ3) is 4.60. The first-order valence-corrected chi connectivity index (χ1v) is 9.90. The maximum absolute atomic E-state index is 13.0. The van der Waals surface area contributed by atoms with Crippen molar-refractivity contribution >= 4 is 10.0 Å². The maximum Gasteiger partial charge on any atom is 0.240 e. The molecule has 0 amide bonds. The second-order valence-electron chi connectivity index (χ2n) is 6.50. The molecule has 0 fully saturated rings. The van der Waals surface area contributed by atoms with E-state index >= 15 is 0 Å². The molecule has 0 spiro atoms. The van der Waals surface area contributed by atoms with Crippen LogP contribution in [-0.4, -0.2) is 20.1 Å². The summed E-state index contributed by atoms with van der Waals surface area (Å²) in [6.07, 6.45) is 0. The minimum absolute atomic E-state index is 0.0564. The summed E-state index contributed by atoms with van der Waals surface area (Å²) in [5, 5.41) is 10.7. The third-order valence-electron chi connectivity index (χ3n) is 4.34. The summed E-state index contributed by atoms with van der Waals surface area (Å²) in [5.41, 5.74) is 1.24. The smallest absolute Gasteiger partial charge is 0.240 e. The summed E-state index contributed by atoms with van der Waals surface area (Å²) in [5.74, 6) is -0.514. The lowest BCUT2D eigenvalue weighted by Gasteiger charge is -2.24. The van der Waals surface area contributed by atoms with Gasteiger partial charge >= 0.3 is 0 Å². The molecular formula is C21H20FNO3S. The van der Waals surface area contributed by atoms with Crippen molar-refractivity contribution in [2.75, 3.05) is 6.54 Å². The Balaban J connectivity index is 1.73. The molecule has 1 unspecified atom stereocenters. The van der Waals surface area contributed by atoms with E-state index in [4.69, 9.17) is 0 Å². The minimum atomic E-state index is -3.85. The molecule has 4 nitrogen and oxygen atoms in total. The van der Waals surface area contributed by atoms with Gasteiger partial charge in [-0.2, -0.15) is 0 Å². The van der Waals surface area contributed by atoms with E-state index in [-0.39, 0.29) is 11.4 Å². The first kappa shape index (κ1) is 19.2. The maximum atomic E-state index is 13.0. The van der Waals surface area contributed by atoms with E-state index in [0.717, 1.165) is 23.3 Å². The normalized spacial score (nSPS) is 13.9. The molecule has 0 aliphatic carbocycles. The Bertz CT molecular complexity index is 1000. The Morgan fingerprint density at radius 3 is 2.04 bits per heavy atom. The summed E-state index contributed by atoms with van der Waals surface area (Å²) in [4.78, 5) is -0.0564. The molecule has 3 aromatic carbocycles. The van der Waals surface area contributed by atoms with Crippen LogP contribution in [0.2, 0.25) is 0 Å². The van der Waals surface area contributed by atoms with Gasteiger partial charge in [-0.05, 0) is 47.9 Å². The molecule has 3 aromatic rings. The molecule has 140 valence electrons. The fourth-order valence-corrected chi connectivity index (χ4v) is 3.82. The van der Waals surface area contributed by atoms with E-state index in [1.54, 1.807) is 12.1 Å². The van der Waals surface area contributed by atoms with E-state index in [2.05, 4.69) is 4.72 Å². The summed E-state index contributed by atoms with van der Waals surface area (Å²) in [6.45, 7) is 1.33. The first-order valence-electron chi connectivity index (χ1n) is 8.41. The second-order valence-corrected chi connectivity index (χ2v) is 8.26. The van der Waals surface area contributed by atoms with Gasteiger partial charge in [-0.15, -0.1) is 0 Å². The number of nitrogens with one attached hydrogen (secondary N) is 1. The fraction of sp³-hybridized carbons (Fsp3) is 0.143. The standard InChI is InChI=1S/C21H20FNO3S/c1-21(24,15-23-27(25,26)20-13-11-19(22)12-14-20)18-9-7-17(8-10-18)16-5-3-2-4-6-16/h2-14,23-24H,15H2,1H3. The van der Waals surface area contributed by atoms with Crippen molar-refractivity contribution in [3.63, 3.8) is 0 Å². The van der Waals surface area contributed by atoms with Gasteiger partial charge < -0.3 is 5.11 Å². The van der Waals surface area contributed by atoms with Crippen molar-refractivity contribution in [1.29, 1.82) is 0 Å². The van der Waals surface area contributed by atoms with Crippen LogP contribution < -0.4 is 4.72 Å². The fourth-order valence-electron chi connectivity index (χ4n) is 2.69. The average Bonchev–Trinajstić information content (AvgIpc) is 2.68. The molecule has 0 saturated heterocycles. The van der Waals surface area contributed by atoms with Gasteiger partial charge in [-0.3, -0.25) is 0 Å². The van der Waals surface area contributed by atoms with E-state index in [1.807, 2.05) is 42.5 Å². The molecule has 0 aromatic heterocycles. The van der Waals surface area contributed by atoms with Crippen LogP contribution in [0.25, 0.3) is 11.1 Å². The van der Waals surface area contributed by atoms with Crippen molar-refractivity contribution in [3.05, 3.63) is 90.2 Å². The average molecular weight is 385 g/mol. The lowest BCUT2D eigenvalue weighted by Crippen LogP contribution is -2.38. The number of hydrogen-bond donors (Lipinski definition) is 2. The molecule has 0 saturated carbocycles. The Kier molecular flexibility index (Phi) is 5.41. The highest BCUT2D eigenvalue weighted by Gasteiger charge is 2.26. The van der Waals surface area contributed by atoms with Crippen LogP contribution in [0.5, 0.6) is 0 Å². The molecule has 0 bridgehead atoms. The second kappa shape index (κ2) is 7.60. The van der Waals surface area contributed by atoms with Gasteiger partial charge in [0.05, 0.1) is 4.90 Å². The predicted molar refractivity (Wildman–Crippen MR) is 103 cm³/mol. The number of halogens is 1. The van der Waals surface area contributed by atoms with Gasteiger partial charge in [-0.1, -0.05) is 54.6 Å². The van der Waals surface area contributed by atoms with Gasteiger partial charge in [0.25, 0.3) is 0 Å². The van der Waals surface area contributed by atoms with Crippen LogP contribution in [0.3, 0.4) is 0 Å². The highest BCUT2D eigenvalue weighted by atomic mass is 32.2. The molecule has 0 radical (unpaired) electrons. The van der Waals surface area contributed by atoms with Crippen LogP contribution in [-0.2, 0) is 15.6 Å². The lowest BCUT2D eigenvalue weighted by molar-refractivity contribution is 0.0627. The molecule has 27 heavy (non-hydrogen) atoms. The molecule has 6 heteroatoms. The van der Waals surface area contributed by atoms with Gasteiger partial charge in [0.2, 0.25) is 10.0 Å². The van der Waals surface area contributed by atoms with E-state index in [9.17, 15) is 17.9 Å². The predicted octanol–water partition coefficient (Wildman–Crippen LogP) is 3.68. The largest absolute Gasteiger partial charge is 0.384 e. The topological polar surface area (TPSA) is 66.4 Å². The molecule has 1 atom stereocenters. The Morgan fingerprint density at radius 1 is 0.889 bits per heavy atom. The third-order valence-corrected chi connectivity index (χ3v) is 5.76. The van der Waals surface area contributed by atoms with E-state index < -0.39 is 21.4 Å². The number of sulfonamides is 1. The molecule has 0 heterocycles. The van der Waals surface area contributed by atoms with Gasteiger partial charge in [0.1, 0.15) is 11.4 Å². The van der Waals surface area contributed by atoms with Gasteiger partial charge in [0.15, 0.2) is 0 Å². The zero-order valence-corrected chi connectivity index (χ0v) is 15.6. The number of rotatable bonds is 6. The SMILES string of the molecule is CC(O)(CNS(=O)(=O)c1ccc(F)cc1)c1ccc(-c2ccccc2)cc1. The molecule has 2 N–H and O–H groups in total. The highest BCUT2D eigenvalue weighted by molar-refractivity contribution is 7.89. The first-order chi connectivity index (χ1) is 12.8. The van der Waals surface area contributed by atoms with Crippen LogP contribution in [0.15, 0.2) is 83.8 Å². The van der Waals surface area contributed by atoms with Crippen LogP contribution >= 0.6 is 0 Å².